The van der Waals surface area contributed by atoms with Crippen molar-refractivity contribution in [2.75, 3.05) is 0 Å². The van der Waals surface area contributed by atoms with Crippen LogP contribution in [-0.4, -0.2) is 0 Å². The van der Waals surface area contributed by atoms with Crippen molar-refractivity contribution >= 4 is 28.9 Å². The van der Waals surface area contributed by atoms with Gasteiger partial charge in [0.25, 0.3) is 0 Å². The van der Waals surface area contributed by atoms with Gasteiger partial charge < -0.3 is 9.05 Å². The molecular formula is C44H63O2PS2. The molecule has 5 heteroatoms. The molecule has 0 fully saturated rings. The predicted octanol–water partition coefficient (Wildman–Crippen LogP) is 14.3. The van der Waals surface area contributed by atoms with E-state index < -0.39 is 5.69 Å². The maximum atomic E-state index is 6.71. The normalized spacial score (nSPS) is 15.8. The van der Waals surface area contributed by atoms with Gasteiger partial charge in [-0.15, -0.1) is 0 Å². The number of hydrogen-bond donors (Lipinski definition) is 0. The van der Waals surface area contributed by atoms with Crippen LogP contribution in [0, 0.1) is 35.5 Å². The Morgan fingerprint density at radius 2 is 1.10 bits per heavy atom. The van der Waals surface area contributed by atoms with Gasteiger partial charge >= 0.3 is 5.69 Å². The third kappa shape index (κ3) is 16.1. The number of benzene rings is 3. The van der Waals surface area contributed by atoms with Crippen LogP contribution >= 0.6 is 17.1 Å². The minimum atomic E-state index is -2.89. The summed E-state index contributed by atoms with van der Waals surface area (Å²) in [7, 11) is 0. The molecule has 268 valence electrons. The molecule has 0 spiro atoms. The summed E-state index contributed by atoms with van der Waals surface area (Å²) < 4.78 is 13.4. The first-order valence-corrected chi connectivity index (χ1v) is 22.7. The monoisotopic (exact) mass is 718 g/mol. The van der Waals surface area contributed by atoms with Crippen molar-refractivity contribution in [3.63, 3.8) is 0 Å². The van der Waals surface area contributed by atoms with Crippen LogP contribution in [0.2, 0.25) is 0 Å². The first-order valence-electron chi connectivity index (χ1n) is 18.6. The molecule has 0 aliphatic rings. The van der Waals surface area contributed by atoms with Crippen LogP contribution in [0.3, 0.4) is 0 Å². The highest BCUT2D eigenvalue weighted by Crippen LogP contribution is 2.63. The van der Waals surface area contributed by atoms with Gasteiger partial charge in [-0.2, -0.15) is 0 Å². The summed E-state index contributed by atoms with van der Waals surface area (Å²) in [5.74, 6) is 5.63. The highest BCUT2D eigenvalue weighted by atomic mass is 32.9. The summed E-state index contributed by atoms with van der Waals surface area (Å²) in [4.78, 5) is 1.12. The van der Waals surface area contributed by atoms with E-state index in [1.807, 2.05) is 12.1 Å². The highest BCUT2D eigenvalue weighted by molar-refractivity contribution is 8.68. The van der Waals surface area contributed by atoms with E-state index in [0.29, 0.717) is 11.8 Å². The van der Waals surface area contributed by atoms with Crippen molar-refractivity contribution in [3.05, 3.63) is 114 Å². The van der Waals surface area contributed by atoms with E-state index in [-0.39, 0.29) is 0 Å². The van der Waals surface area contributed by atoms with Crippen molar-refractivity contribution in [1.82, 2.24) is 0 Å². The van der Waals surface area contributed by atoms with Crippen LogP contribution in [0.5, 0.6) is 11.5 Å². The lowest BCUT2D eigenvalue weighted by Crippen LogP contribution is -2.04. The molecule has 0 heterocycles. The maximum Gasteiger partial charge on any atom is 0.353 e. The van der Waals surface area contributed by atoms with Gasteiger partial charge in [0.2, 0.25) is 0 Å². The Labute approximate surface area is 309 Å². The maximum absolute atomic E-state index is 6.71. The fourth-order valence-corrected chi connectivity index (χ4v) is 11.7. The minimum absolute atomic E-state index is 0.566. The minimum Gasteiger partial charge on any atom is -0.428 e. The lowest BCUT2D eigenvalue weighted by atomic mass is 9.90. The molecule has 0 bridgehead atoms. The Hall–Kier alpha value is -2.26. The van der Waals surface area contributed by atoms with E-state index >= 15 is 0 Å². The Morgan fingerprint density at radius 3 is 1.55 bits per heavy atom. The second-order valence-electron chi connectivity index (χ2n) is 15.1. The summed E-state index contributed by atoms with van der Waals surface area (Å²) in [6.07, 6.45) is 17.0. The van der Waals surface area contributed by atoms with Gasteiger partial charge in [0.05, 0.1) is 0 Å². The quantitative estimate of drug-likeness (QED) is 0.0806. The van der Waals surface area contributed by atoms with E-state index in [0.717, 1.165) is 59.3 Å². The molecule has 49 heavy (non-hydrogen) atoms. The summed E-state index contributed by atoms with van der Waals surface area (Å²) >= 11 is 7.89. The smallest absolute Gasteiger partial charge is 0.353 e. The molecular weight excluding hydrogens is 656 g/mol. The fourth-order valence-electron chi connectivity index (χ4n) is 6.88. The number of allylic oxidation sites excluding steroid dienone is 4. The van der Waals surface area contributed by atoms with E-state index in [1.165, 1.54) is 42.4 Å². The third-order valence-corrected chi connectivity index (χ3v) is 13.2. The van der Waals surface area contributed by atoms with Crippen molar-refractivity contribution in [2.24, 2.45) is 35.5 Å². The molecule has 0 aliphatic heterocycles. The van der Waals surface area contributed by atoms with Gasteiger partial charge in [-0.1, -0.05) is 129 Å². The van der Waals surface area contributed by atoms with E-state index in [1.54, 1.807) is 11.4 Å². The standard InChI is InChI=1S/C44H63O2PS2/c1-10-41-23-11-12-26-44(41)49-47(48,45-42-24-15-21-39(31-42)19-13-17-35(6)29-37(8)27-33(2)3)46-43-25-16-22-40(32-43)20-14-18-36(7)30-38(9)28-34(4)5/h11-18,21-26,31-38H,10,19-20,27-30H2,1-9H3. The third-order valence-electron chi connectivity index (χ3n) is 8.73. The van der Waals surface area contributed by atoms with Gasteiger partial charge in [-0.25, -0.2) is 0 Å². The Kier molecular flexibility index (Phi) is 17.8. The second-order valence-corrected chi connectivity index (χ2v) is 21.1. The van der Waals surface area contributed by atoms with Gasteiger partial charge in [0.1, 0.15) is 11.5 Å². The largest absolute Gasteiger partial charge is 0.428 e. The first kappa shape index (κ1) is 41.2. The van der Waals surface area contributed by atoms with Crippen LogP contribution in [0.25, 0.3) is 0 Å². The molecule has 4 atom stereocenters. The molecule has 0 aliphatic carbocycles. The number of rotatable bonds is 21. The average molecular weight is 719 g/mol. The second kappa shape index (κ2) is 21.2. The van der Waals surface area contributed by atoms with Crippen molar-refractivity contribution in [3.8, 4) is 11.5 Å². The zero-order chi connectivity index (χ0) is 35.8. The molecule has 0 saturated heterocycles. The van der Waals surface area contributed by atoms with Crippen LogP contribution in [0.4, 0.5) is 0 Å². The molecule has 3 aromatic rings. The zero-order valence-corrected chi connectivity index (χ0v) is 34.3. The van der Waals surface area contributed by atoms with Crippen LogP contribution in [0.15, 0.2) is 102 Å². The topological polar surface area (TPSA) is 18.5 Å². The van der Waals surface area contributed by atoms with Gasteiger partial charge in [-0.05, 0) is 139 Å². The van der Waals surface area contributed by atoms with Crippen LogP contribution in [-0.2, 0) is 31.1 Å². The van der Waals surface area contributed by atoms with Crippen molar-refractivity contribution < 1.29 is 9.05 Å². The molecule has 2 nitrogen and oxygen atoms in total. The Bertz CT molecular complexity index is 1420. The molecule has 3 rings (SSSR count). The van der Waals surface area contributed by atoms with Crippen molar-refractivity contribution in [1.29, 1.82) is 0 Å². The zero-order valence-electron chi connectivity index (χ0n) is 31.7. The first-order chi connectivity index (χ1) is 23.3. The van der Waals surface area contributed by atoms with Crippen molar-refractivity contribution in [2.45, 2.75) is 112 Å². The lowest BCUT2D eigenvalue weighted by Gasteiger charge is -2.24. The number of hydrogen-bond acceptors (Lipinski definition) is 4. The number of aryl methyl sites for hydroxylation is 1. The average Bonchev–Trinajstić information content (AvgIpc) is 3.00. The van der Waals surface area contributed by atoms with Gasteiger partial charge in [0.15, 0.2) is 0 Å². The molecule has 3 aromatic carbocycles. The van der Waals surface area contributed by atoms with Gasteiger partial charge in [-0.3, -0.25) is 0 Å². The van der Waals surface area contributed by atoms with Gasteiger partial charge in [0, 0.05) is 16.7 Å². The van der Waals surface area contributed by atoms with Crippen LogP contribution < -0.4 is 9.05 Å². The summed E-state index contributed by atoms with van der Waals surface area (Å²) in [6.45, 7) is 20.8. The molecule has 0 N–H and O–H groups in total. The molecule has 0 radical (unpaired) electrons. The summed E-state index contributed by atoms with van der Waals surface area (Å²) in [6, 6.07) is 25.2. The Balaban J connectivity index is 1.75. The van der Waals surface area contributed by atoms with E-state index in [4.69, 9.17) is 20.9 Å². The predicted molar refractivity (Wildman–Crippen MR) is 221 cm³/mol. The van der Waals surface area contributed by atoms with E-state index in [2.05, 4.69) is 147 Å². The summed E-state index contributed by atoms with van der Waals surface area (Å²) in [5, 5.41) is 0. The molecule has 0 aromatic heterocycles. The van der Waals surface area contributed by atoms with Crippen LogP contribution in [0.1, 0.15) is 105 Å². The molecule has 0 amide bonds. The van der Waals surface area contributed by atoms with E-state index in [9.17, 15) is 0 Å². The summed E-state index contributed by atoms with van der Waals surface area (Å²) in [5.41, 5.74) is 0.774. The molecule has 4 unspecified atom stereocenters. The fraction of sp³-hybridized carbons (Fsp3) is 0.500. The highest BCUT2D eigenvalue weighted by Gasteiger charge is 2.26. The SMILES string of the molecule is CCc1ccccc1SP(=S)(Oc1cccc(CC=CC(C)CC(C)CC(C)C)c1)Oc1cccc(CC=CC(C)CC(C)CC(C)C)c1. The molecule has 0 saturated carbocycles. The Morgan fingerprint density at radius 1 is 0.633 bits per heavy atom. The lowest BCUT2D eigenvalue weighted by molar-refractivity contribution is 0.382.